The Kier molecular flexibility index (Phi) is 6.74. The van der Waals surface area contributed by atoms with Crippen LogP contribution in [0.5, 0.6) is 5.75 Å². The first-order valence-electron chi connectivity index (χ1n) is 8.49. The van der Waals surface area contributed by atoms with E-state index < -0.39 is 0 Å². The number of carbonyl (C=O) groups excluding carboxylic acids is 2. The highest BCUT2D eigenvalue weighted by Gasteiger charge is 2.14. The highest BCUT2D eigenvalue weighted by atomic mass is 16.5. The summed E-state index contributed by atoms with van der Waals surface area (Å²) in [6, 6.07) is 13.4. The number of aryl methyl sites for hydroxylation is 1. The lowest BCUT2D eigenvalue weighted by atomic mass is 10.1. The fraction of sp³-hybridized carbons (Fsp3) is 0.300. The summed E-state index contributed by atoms with van der Waals surface area (Å²) >= 11 is 0. The van der Waals surface area contributed by atoms with Crippen molar-refractivity contribution in [3.8, 4) is 5.75 Å². The lowest BCUT2D eigenvalue weighted by molar-refractivity contribution is -0.885. The molecule has 0 saturated carbocycles. The van der Waals surface area contributed by atoms with Gasteiger partial charge in [-0.05, 0) is 25.1 Å². The topological polar surface area (TPSA) is 71.9 Å². The molecule has 2 aromatic carbocycles. The van der Waals surface area contributed by atoms with Crippen LogP contribution in [0.2, 0.25) is 0 Å². The van der Waals surface area contributed by atoms with E-state index in [2.05, 4.69) is 41.8 Å². The molecule has 1 unspecified atom stereocenters. The normalized spacial score (nSPS) is 11.5. The van der Waals surface area contributed by atoms with Gasteiger partial charge in [0.05, 0.1) is 19.8 Å². The summed E-state index contributed by atoms with van der Waals surface area (Å²) in [4.78, 5) is 24.7. The predicted molar refractivity (Wildman–Crippen MR) is 103 cm³/mol. The molecule has 0 aromatic heterocycles. The highest BCUT2D eigenvalue weighted by Crippen LogP contribution is 2.27. The number of hydrogen-bond acceptors (Lipinski definition) is 3. The Morgan fingerprint density at radius 2 is 1.77 bits per heavy atom. The zero-order valence-corrected chi connectivity index (χ0v) is 15.7. The van der Waals surface area contributed by atoms with Crippen molar-refractivity contribution < 1.29 is 19.2 Å². The molecule has 0 bridgehead atoms. The van der Waals surface area contributed by atoms with Crippen LogP contribution >= 0.6 is 0 Å². The second kappa shape index (κ2) is 9.01. The number of rotatable bonds is 7. The number of hydrogen-bond donors (Lipinski definition) is 3. The van der Waals surface area contributed by atoms with Gasteiger partial charge in [-0.15, -0.1) is 0 Å². The van der Waals surface area contributed by atoms with Gasteiger partial charge in [0.15, 0.2) is 6.54 Å². The number of quaternary nitrogens is 1. The third-order valence-corrected chi connectivity index (χ3v) is 3.88. The summed E-state index contributed by atoms with van der Waals surface area (Å²) < 4.78 is 5.28. The Labute approximate surface area is 154 Å². The van der Waals surface area contributed by atoms with Gasteiger partial charge in [-0.3, -0.25) is 9.59 Å². The van der Waals surface area contributed by atoms with Gasteiger partial charge < -0.3 is 20.3 Å². The standard InChI is InChI=1S/C20H25N3O3/c1-14-5-7-16(8-6-14)12-23(3)13-20(25)22-18-11-17(21-15(2)24)9-10-19(18)26-4/h5-11H,12-13H2,1-4H3,(H,21,24)(H,22,25)/p+1. The van der Waals surface area contributed by atoms with Crippen LogP contribution in [0.25, 0.3) is 0 Å². The van der Waals surface area contributed by atoms with E-state index in [1.54, 1.807) is 18.2 Å². The maximum atomic E-state index is 12.4. The molecule has 0 radical (unpaired) electrons. The Bertz CT molecular complexity index is 772. The second-order valence-electron chi connectivity index (χ2n) is 6.44. The van der Waals surface area contributed by atoms with Gasteiger partial charge in [0, 0.05) is 18.2 Å². The summed E-state index contributed by atoms with van der Waals surface area (Å²) in [5.74, 6) is 0.256. The summed E-state index contributed by atoms with van der Waals surface area (Å²) in [7, 11) is 3.52. The van der Waals surface area contributed by atoms with Crippen molar-refractivity contribution in [2.75, 3.05) is 31.3 Å². The summed E-state index contributed by atoms with van der Waals surface area (Å²) in [5.41, 5.74) is 3.54. The van der Waals surface area contributed by atoms with Crippen LogP contribution in [0.4, 0.5) is 11.4 Å². The van der Waals surface area contributed by atoms with Crippen molar-refractivity contribution in [1.29, 1.82) is 0 Å². The molecule has 0 heterocycles. The van der Waals surface area contributed by atoms with Crippen LogP contribution in [0, 0.1) is 6.92 Å². The Morgan fingerprint density at radius 1 is 1.08 bits per heavy atom. The summed E-state index contributed by atoms with van der Waals surface area (Å²) in [5, 5.41) is 5.56. The summed E-state index contributed by atoms with van der Waals surface area (Å²) in [6.45, 7) is 4.57. The number of carbonyl (C=O) groups is 2. The molecular weight excluding hydrogens is 330 g/mol. The largest absolute Gasteiger partial charge is 0.495 e. The lowest BCUT2D eigenvalue weighted by Gasteiger charge is -2.16. The maximum absolute atomic E-state index is 12.4. The van der Waals surface area contributed by atoms with Gasteiger partial charge in [0.25, 0.3) is 5.91 Å². The first kappa shape index (κ1) is 19.5. The van der Waals surface area contributed by atoms with Crippen molar-refractivity contribution in [3.05, 3.63) is 53.6 Å². The van der Waals surface area contributed by atoms with E-state index in [0.29, 0.717) is 23.7 Å². The van der Waals surface area contributed by atoms with Crippen LogP contribution < -0.4 is 20.3 Å². The zero-order chi connectivity index (χ0) is 19.1. The quantitative estimate of drug-likeness (QED) is 0.706. The molecule has 6 nitrogen and oxygen atoms in total. The van der Waals surface area contributed by atoms with E-state index in [9.17, 15) is 9.59 Å². The van der Waals surface area contributed by atoms with Crippen molar-refractivity contribution >= 4 is 23.2 Å². The second-order valence-corrected chi connectivity index (χ2v) is 6.44. The Morgan fingerprint density at radius 3 is 2.38 bits per heavy atom. The van der Waals surface area contributed by atoms with E-state index in [-0.39, 0.29) is 11.8 Å². The molecule has 0 spiro atoms. The summed E-state index contributed by atoms with van der Waals surface area (Å²) in [6.07, 6.45) is 0. The molecule has 0 fully saturated rings. The molecule has 0 aliphatic heterocycles. The van der Waals surface area contributed by atoms with E-state index in [0.717, 1.165) is 11.4 Å². The van der Waals surface area contributed by atoms with E-state index >= 15 is 0 Å². The number of amides is 2. The van der Waals surface area contributed by atoms with Crippen molar-refractivity contribution in [2.24, 2.45) is 0 Å². The molecule has 26 heavy (non-hydrogen) atoms. The van der Waals surface area contributed by atoms with Gasteiger partial charge in [-0.2, -0.15) is 0 Å². The van der Waals surface area contributed by atoms with E-state index in [1.165, 1.54) is 25.2 Å². The number of nitrogens with one attached hydrogen (secondary N) is 3. The minimum Gasteiger partial charge on any atom is -0.495 e. The number of ether oxygens (including phenoxy) is 1. The number of likely N-dealkylation sites (N-methyl/N-ethyl adjacent to an activating group) is 1. The first-order valence-corrected chi connectivity index (χ1v) is 8.49. The van der Waals surface area contributed by atoms with Gasteiger partial charge >= 0.3 is 0 Å². The van der Waals surface area contributed by atoms with Crippen LogP contribution in [-0.4, -0.2) is 32.5 Å². The van der Waals surface area contributed by atoms with Crippen molar-refractivity contribution in [3.63, 3.8) is 0 Å². The van der Waals surface area contributed by atoms with Gasteiger partial charge in [0.1, 0.15) is 12.3 Å². The molecule has 2 rings (SSSR count). The molecule has 3 N–H and O–H groups in total. The number of anilines is 2. The maximum Gasteiger partial charge on any atom is 0.279 e. The lowest BCUT2D eigenvalue weighted by Crippen LogP contribution is -3.08. The fourth-order valence-electron chi connectivity index (χ4n) is 2.67. The van der Waals surface area contributed by atoms with Gasteiger partial charge in [0.2, 0.25) is 5.91 Å². The highest BCUT2D eigenvalue weighted by molar-refractivity contribution is 5.95. The SMILES string of the molecule is COc1ccc(NC(C)=O)cc1NC(=O)C[NH+](C)Cc1ccc(C)cc1. The minimum absolute atomic E-state index is 0.118. The molecule has 1 atom stereocenters. The molecule has 0 aliphatic rings. The molecule has 0 aliphatic carbocycles. The number of methoxy groups -OCH3 is 1. The van der Waals surface area contributed by atoms with Crippen LogP contribution in [-0.2, 0) is 16.1 Å². The van der Waals surface area contributed by atoms with Gasteiger partial charge in [-0.1, -0.05) is 29.8 Å². The van der Waals surface area contributed by atoms with Crippen molar-refractivity contribution in [2.45, 2.75) is 20.4 Å². The van der Waals surface area contributed by atoms with Gasteiger partial charge in [-0.25, -0.2) is 0 Å². The molecule has 0 saturated heterocycles. The first-order chi connectivity index (χ1) is 12.4. The Balaban J connectivity index is 1.99. The molecule has 2 amide bonds. The minimum atomic E-state index is -0.172. The monoisotopic (exact) mass is 356 g/mol. The fourth-order valence-corrected chi connectivity index (χ4v) is 2.67. The van der Waals surface area contributed by atoms with E-state index in [1.807, 2.05) is 7.05 Å². The molecule has 2 aromatic rings. The average molecular weight is 356 g/mol. The molecule has 138 valence electrons. The van der Waals surface area contributed by atoms with Crippen LogP contribution in [0.1, 0.15) is 18.1 Å². The smallest absolute Gasteiger partial charge is 0.279 e. The third-order valence-electron chi connectivity index (χ3n) is 3.88. The van der Waals surface area contributed by atoms with Crippen LogP contribution in [0.15, 0.2) is 42.5 Å². The molecule has 6 heteroatoms. The predicted octanol–water partition coefficient (Wildman–Crippen LogP) is 1.62. The number of benzene rings is 2. The van der Waals surface area contributed by atoms with Crippen molar-refractivity contribution in [1.82, 2.24) is 0 Å². The average Bonchev–Trinajstić information content (AvgIpc) is 2.56. The zero-order valence-electron chi connectivity index (χ0n) is 15.7. The molecular formula is C20H26N3O3+. The third kappa shape index (κ3) is 5.89. The van der Waals surface area contributed by atoms with E-state index in [4.69, 9.17) is 4.74 Å². The van der Waals surface area contributed by atoms with Crippen LogP contribution in [0.3, 0.4) is 0 Å². The Hall–Kier alpha value is -2.86.